The highest BCUT2D eigenvalue weighted by Crippen LogP contribution is 2.42. The molecule has 5 rings (SSSR count). The number of aliphatic hydroxyl groups is 1. The zero-order chi connectivity index (χ0) is 16.6. The van der Waals surface area contributed by atoms with Gasteiger partial charge in [-0.1, -0.05) is 43.2 Å². The minimum atomic E-state index is -1.50. The third-order valence-electron chi connectivity index (χ3n) is 6.33. The molecule has 0 spiro atoms. The van der Waals surface area contributed by atoms with Crippen molar-refractivity contribution in [3.8, 4) is 0 Å². The molecule has 4 nitrogen and oxygen atoms in total. The molecule has 0 unspecified atom stereocenters. The molecule has 1 N–H and O–H groups in total. The van der Waals surface area contributed by atoms with Gasteiger partial charge in [-0.2, -0.15) is 0 Å². The molecule has 24 heavy (non-hydrogen) atoms. The number of nitrogens with zero attached hydrogens (tertiary/aromatic N) is 1. The number of hydrogen-bond donors (Lipinski definition) is 1. The van der Waals surface area contributed by atoms with Crippen molar-refractivity contribution in [1.29, 1.82) is 0 Å². The summed E-state index contributed by atoms with van der Waals surface area (Å²) in [5, 5.41) is 11.5. The topological polar surface area (TPSA) is 49.8 Å². The molecule has 3 saturated heterocycles. The standard InChI is InChI=1S/C20H27NO3/c22-19(24-18-14-21-12-10-15(18)11-13-21)20(23,17-8-4-5-9-17)16-6-2-1-3-7-16/h1-3,6-7,15,17-18,23H,4-5,8-14H2/t18-,20+/m1/s1. The van der Waals surface area contributed by atoms with Gasteiger partial charge in [0.05, 0.1) is 0 Å². The zero-order valence-electron chi connectivity index (χ0n) is 14.2. The van der Waals surface area contributed by atoms with Crippen LogP contribution in [0.5, 0.6) is 0 Å². The molecule has 0 radical (unpaired) electrons. The van der Waals surface area contributed by atoms with E-state index in [2.05, 4.69) is 4.90 Å². The largest absolute Gasteiger partial charge is 0.458 e. The van der Waals surface area contributed by atoms with E-state index < -0.39 is 11.6 Å². The average molecular weight is 329 g/mol. The summed E-state index contributed by atoms with van der Waals surface area (Å²) in [6.45, 7) is 3.06. The van der Waals surface area contributed by atoms with Gasteiger partial charge in [0, 0.05) is 12.5 Å². The number of fused-ring (bicyclic) bond motifs is 3. The first-order valence-corrected chi connectivity index (χ1v) is 9.39. The van der Waals surface area contributed by atoms with Crippen LogP contribution in [0.2, 0.25) is 0 Å². The third kappa shape index (κ3) is 2.76. The Morgan fingerprint density at radius 1 is 1.08 bits per heavy atom. The molecule has 0 aromatic heterocycles. The molecule has 1 saturated carbocycles. The van der Waals surface area contributed by atoms with Crippen LogP contribution in [0, 0.1) is 11.8 Å². The molecule has 130 valence electrons. The fourth-order valence-corrected chi connectivity index (χ4v) is 4.83. The van der Waals surface area contributed by atoms with Crippen LogP contribution in [0.3, 0.4) is 0 Å². The van der Waals surface area contributed by atoms with Crippen LogP contribution in [0.15, 0.2) is 30.3 Å². The number of hydrogen-bond acceptors (Lipinski definition) is 4. The normalized spacial score (nSPS) is 32.5. The van der Waals surface area contributed by atoms with Crippen LogP contribution in [0.1, 0.15) is 44.1 Å². The molecule has 1 aliphatic carbocycles. The Morgan fingerprint density at radius 3 is 2.33 bits per heavy atom. The number of piperidine rings is 3. The predicted octanol–water partition coefficient (Wildman–Crippen LogP) is 2.70. The fraction of sp³-hybridized carbons (Fsp3) is 0.650. The summed E-state index contributed by atoms with van der Waals surface area (Å²) in [5.41, 5.74) is -0.813. The van der Waals surface area contributed by atoms with Crippen molar-refractivity contribution in [2.24, 2.45) is 11.8 Å². The van der Waals surface area contributed by atoms with Crippen molar-refractivity contribution in [3.63, 3.8) is 0 Å². The first kappa shape index (κ1) is 16.1. The molecule has 1 aromatic carbocycles. The fourth-order valence-electron chi connectivity index (χ4n) is 4.83. The second-order valence-corrected chi connectivity index (χ2v) is 7.70. The Bertz CT molecular complexity index is 576. The van der Waals surface area contributed by atoms with Gasteiger partial charge in [0.1, 0.15) is 6.10 Å². The van der Waals surface area contributed by atoms with Gasteiger partial charge >= 0.3 is 5.97 Å². The number of carbonyl (C=O) groups is 1. The third-order valence-corrected chi connectivity index (χ3v) is 6.33. The minimum absolute atomic E-state index is 0.0338. The van der Waals surface area contributed by atoms with Crippen molar-refractivity contribution in [2.75, 3.05) is 19.6 Å². The van der Waals surface area contributed by atoms with Crippen molar-refractivity contribution in [2.45, 2.75) is 50.2 Å². The summed E-state index contributed by atoms with van der Waals surface area (Å²) in [4.78, 5) is 15.5. The van der Waals surface area contributed by atoms with Gasteiger partial charge in [0.25, 0.3) is 0 Å². The summed E-state index contributed by atoms with van der Waals surface area (Å²) in [7, 11) is 0. The van der Waals surface area contributed by atoms with Gasteiger partial charge in [0.15, 0.2) is 5.60 Å². The van der Waals surface area contributed by atoms with Gasteiger partial charge in [-0.25, -0.2) is 4.79 Å². The van der Waals surface area contributed by atoms with E-state index in [0.29, 0.717) is 11.5 Å². The van der Waals surface area contributed by atoms with Crippen molar-refractivity contribution in [1.82, 2.24) is 4.90 Å². The second kappa shape index (κ2) is 6.49. The smallest absolute Gasteiger partial charge is 0.343 e. The summed E-state index contributed by atoms with van der Waals surface area (Å²) >= 11 is 0. The summed E-state index contributed by atoms with van der Waals surface area (Å²) < 4.78 is 5.93. The van der Waals surface area contributed by atoms with E-state index in [4.69, 9.17) is 4.74 Å². The lowest BCUT2D eigenvalue weighted by Gasteiger charge is -2.45. The number of rotatable bonds is 4. The second-order valence-electron chi connectivity index (χ2n) is 7.70. The number of ether oxygens (including phenoxy) is 1. The van der Waals surface area contributed by atoms with Crippen LogP contribution < -0.4 is 0 Å². The molecule has 3 aliphatic heterocycles. The molecule has 3 heterocycles. The van der Waals surface area contributed by atoms with E-state index in [1.165, 1.54) is 0 Å². The molecule has 2 bridgehead atoms. The van der Waals surface area contributed by atoms with Crippen molar-refractivity contribution in [3.05, 3.63) is 35.9 Å². The maximum absolute atomic E-state index is 13.1. The zero-order valence-corrected chi connectivity index (χ0v) is 14.2. The first-order chi connectivity index (χ1) is 11.7. The molecular weight excluding hydrogens is 302 g/mol. The van der Waals surface area contributed by atoms with Gasteiger partial charge in [-0.3, -0.25) is 4.90 Å². The molecule has 1 aromatic rings. The molecule has 2 atom stereocenters. The van der Waals surface area contributed by atoms with E-state index >= 15 is 0 Å². The predicted molar refractivity (Wildman–Crippen MR) is 91.3 cm³/mol. The van der Waals surface area contributed by atoms with Crippen molar-refractivity contribution < 1.29 is 14.6 Å². The van der Waals surface area contributed by atoms with Crippen LogP contribution in [0.25, 0.3) is 0 Å². The Labute approximate surface area is 143 Å². The molecular formula is C20H27NO3. The van der Waals surface area contributed by atoms with Gasteiger partial charge < -0.3 is 9.84 Å². The molecule has 0 amide bonds. The van der Waals surface area contributed by atoms with Crippen molar-refractivity contribution >= 4 is 5.97 Å². The average Bonchev–Trinajstić information content (AvgIpc) is 3.18. The maximum Gasteiger partial charge on any atom is 0.343 e. The number of carbonyl (C=O) groups excluding carboxylic acids is 1. The highest BCUT2D eigenvalue weighted by Gasteiger charge is 2.49. The summed E-state index contributed by atoms with van der Waals surface area (Å²) in [5.74, 6) is -0.00427. The molecule has 4 heteroatoms. The van der Waals surface area contributed by atoms with E-state index in [0.717, 1.165) is 58.2 Å². The molecule has 4 fully saturated rings. The lowest BCUT2D eigenvalue weighted by Crippen LogP contribution is -2.54. The van der Waals surface area contributed by atoms with Crippen LogP contribution in [-0.2, 0) is 15.1 Å². The molecule has 4 aliphatic rings. The lowest BCUT2D eigenvalue weighted by atomic mass is 9.79. The maximum atomic E-state index is 13.1. The Kier molecular flexibility index (Phi) is 4.35. The van der Waals surface area contributed by atoms with Gasteiger partial charge in [-0.15, -0.1) is 0 Å². The Morgan fingerprint density at radius 2 is 1.75 bits per heavy atom. The highest BCUT2D eigenvalue weighted by molar-refractivity contribution is 5.81. The number of benzene rings is 1. The Hall–Kier alpha value is -1.39. The Balaban J connectivity index is 1.57. The van der Waals surface area contributed by atoms with E-state index in [1.807, 2.05) is 30.3 Å². The monoisotopic (exact) mass is 329 g/mol. The van der Waals surface area contributed by atoms with Crippen LogP contribution in [0.4, 0.5) is 0 Å². The van der Waals surface area contributed by atoms with Crippen LogP contribution >= 0.6 is 0 Å². The lowest BCUT2D eigenvalue weighted by molar-refractivity contribution is -0.188. The van der Waals surface area contributed by atoms with Crippen LogP contribution in [-0.4, -0.2) is 41.7 Å². The SMILES string of the molecule is O=C(O[C@@H]1CN2CCC1CC2)[C@](O)(c1ccccc1)C1CCCC1. The first-order valence-electron chi connectivity index (χ1n) is 9.39. The minimum Gasteiger partial charge on any atom is -0.458 e. The van der Waals surface area contributed by atoms with Gasteiger partial charge in [0.2, 0.25) is 0 Å². The number of esters is 1. The highest BCUT2D eigenvalue weighted by atomic mass is 16.6. The quantitative estimate of drug-likeness (QED) is 0.863. The summed E-state index contributed by atoms with van der Waals surface area (Å²) in [6.07, 6.45) is 6.08. The van der Waals surface area contributed by atoms with E-state index in [1.54, 1.807) is 0 Å². The summed E-state index contributed by atoms with van der Waals surface area (Å²) in [6, 6.07) is 9.40. The van der Waals surface area contributed by atoms with E-state index in [9.17, 15) is 9.90 Å². The van der Waals surface area contributed by atoms with Gasteiger partial charge in [-0.05, 0) is 50.3 Å². The van der Waals surface area contributed by atoms with E-state index in [-0.39, 0.29) is 12.0 Å².